The normalized spacial score (nSPS) is 18.4. The second-order valence-corrected chi connectivity index (χ2v) is 5.08. The highest BCUT2D eigenvalue weighted by Gasteiger charge is 2.25. The van der Waals surface area contributed by atoms with Gasteiger partial charge >= 0.3 is 0 Å². The summed E-state index contributed by atoms with van der Waals surface area (Å²) >= 11 is 1.77. The van der Waals surface area contributed by atoms with E-state index in [2.05, 4.69) is 17.2 Å². The van der Waals surface area contributed by atoms with E-state index in [0.717, 1.165) is 18.9 Å². The predicted molar refractivity (Wildman–Crippen MR) is 60.6 cm³/mol. The van der Waals surface area contributed by atoms with Gasteiger partial charge in [-0.2, -0.15) is 0 Å². The summed E-state index contributed by atoms with van der Waals surface area (Å²) in [6.07, 6.45) is 7.41. The van der Waals surface area contributed by atoms with E-state index in [9.17, 15) is 0 Å². The Kier molecular flexibility index (Phi) is 3.54. The molecule has 3 heteroatoms. The van der Waals surface area contributed by atoms with E-state index in [1.807, 2.05) is 11.7 Å². The molecule has 0 radical (unpaired) electrons. The van der Waals surface area contributed by atoms with Gasteiger partial charge in [0, 0.05) is 17.1 Å². The molecule has 1 heterocycles. The van der Waals surface area contributed by atoms with Gasteiger partial charge in [-0.05, 0) is 25.3 Å². The highest BCUT2D eigenvalue weighted by Crippen LogP contribution is 2.34. The van der Waals surface area contributed by atoms with Gasteiger partial charge in [-0.3, -0.25) is 4.98 Å². The van der Waals surface area contributed by atoms with Gasteiger partial charge in [0.05, 0.1) is 5.51 Å². The summed E-state index contributed by atoms with van der Waals surface area (Å²) in [5, 5.41) is 3.57. The first-order chi connectivity index (χ1) is 6.88. The van der Waals surface area contributed by atoms with Crippen molar-refractivity contribution in [3.05, 3.63) is 16.6 Å². The molecule has 1 atom stereocenters. The Hall–Kier alpha value is -0.410. The highest BCUT2D eigenvalue weighted by atomic mass is 32.1. The number of thiazole rings is 1. The van der Waals surface area contributed by atoms with Gasteiger partial charge in [0.25, 0.3) is 0 Å². The molecule has 1 aliphatic carbocycles. The number of aromatic nitrogens is 1. The van der Waals surface area contributed by atoms with Crippen molar-refractivity contribution >= 4 is 11.3 Å². The fourth-order valence-corrected chi connectivity index (χ4v) is 2.55. The van der Waals surface area contributed by atoms with Crippen LogP contribution < -0.4 is 5.32 Å². The van der Waals surface area contributed by atoms with Crippen molar-refractivity contribution in [2.45, 2.75) is 38.6 Å². The second-order valence-electron chi connectivity index (χ2n) is 4.11. The topological polar surface area (TPSA) is 24.9 Å². The number of hydrogen-bond acceptors (Lipinski definition) is 3. The van der Waals surface area contributed by atoms with Crippen LogP contribution in [0.3, 0.4) is 0 Å². The molecule has 2 nitrogen and oxygen atoms in total. The van der Waals surface area contributed by atoms with Crippen LogP contribution >= 0.6 is 11.3 Å². The summed E-state index contributed by atoms with van der Waals surface area (Å²) < 4.78 is 0. The molecule has 0 aliphatic heterocycles. The largest absolute Gasteiger partial charge is 0.314 e. The molecule has 1 fully saturated rings. The first-order valence-corrected chi connectivity index (χ1v) is 6.37. The molecule has 14 heavy (non-hydrogen) atoms. The molecular weight excluding hydrogens is 192 g/mol. The van der Waals surface area contributed by atoms with Crippen LogP contribution in [0, 0.1) is 5.92 Å². The Bertz CT molecular complexity index is 254. The van der Waals surface area contributed by atoms with Crippen LogP contribution in [-0.4, -0.2) is 17.6 Å². The summed E-state index contributed by atoms with van der Waals surface area (Å²) in [4.78, 5) is 5.53. The zero-order valence-electron chi connectivity index (χ0n) is 8.70. The zero-order chi connectivity index (χ0) is 9.80. The van der Waals surface area contributed by atoms with Crippen molar-refractivity contribution < 1.29 is 0 Å². The molecule has 0 bridgehead atoms. The number of hydrogen-bond donors (Lipinski definition) is 1. The minimum absolute atomic E-state index is 0.674. The summed E-state index contributed by atoms with van der Waals surface area (Å²) in [6, 6.07) is 0.674. The van der Waals surface area contributed by atoms with Gasteiger partial charge in [0.15, 0.2) is 0 Å². The number of nitrogens with one attached hydrogen (secondary N) is 1. The van der Waals surface area contributed by atoms with Crippen LogP contribution in [0.1, 0.15) is 31.1 Å². The summed E-state index contributed by atoms with van der Waals surface area (Å²) in [6.45, 7) is 3.27. The van der Waals surface area contributed by atoms with E-state index in [-0.39, 0.29) is 0 Å². The number of nitrogens with zero attached hydrogens (tertiary/aromatic N) is 1. The molecule has 0 saturated heterocycles. The smallest absolute Gasteiger partial charge is 0.0794 e. The van der Waals surface area contributed by atoms with Gasteiger partial charge in [-0.15, -0.1) is 11.3 Å². The maximum atomic E-state index is 4.12. The zero-order valence-corrected chi connectivity index (χ0v) is 9.52. The molecule has 0 spiro atoms. The van der Waals surface area contributed by atoms with Crippen molar-refractivity contribution in [1.29, 1.82) is 0 Å². The van der Waals surface area contributed by atoms with E-state index in [0.29, 0.717) is 6.04 Å². The molecule has 1 N–H and O–H groups in total. The first-order valence-electron chi connectivity index (χ1n) is 5.49. The lowest BCUT2D eigenvalue weighted by molar-refractivity contribution is 0.468. The third-order valence-corrected chi connectivity index (χ3v) is 3.54. The van der Waals surface area contributed by atoms with Crippen LogP contribution in [0.25, 0.3) is 0 Å². The Morgan fingerprint density at radius 1 is 1.64 bits per heavy atom. The Morgan fingerprint density at radius 3 is 3.07 bits per heavy atom. The second kappa shape index (κ2) is 4.89. The minimum Gasteiger partial charge on any atom is -0.314 e. The van der Waals surface area contributed by atoms with Gasteiger partial charge in [-0.1, -0.05) is 19.8 Å². The van der Waals surface area contributed by atoms with Crippen molar-refractivity contribution in [3.63, 3.8) is 0 Å². The van der Waals surface area contributed by atoms with Crippen LogP contribution in [0.5, 0.6) is 0 Å². The molecule has 1 aromatic rings. The lowest BCUT2D eigenvalue weighted by Gasteiger charge is -2.16. The molecule has 0 aromatic carbocycles. The fraction of sp³-hybridized carbons (Fsp3) is 0.727. The van der Waals surface area contributed by atoms with Gasteiger partial charge in [-0.25, -0.2) is 0 Å². The van der Waals surface area contributed by atoms with Gasteiger partial charge in [0.2, 0.25) is 0 Å². The van der Waals surface area contributed by atoms with Crippen LogP contribution in [0.15, 0.2) is 11.7 Å². The van der Waals surface area contributed by atoms with Crippen molar-refractivity contribution in [2.75, 3.05) is 6.54 Å². The quantitative estimate of drug-likeness (QED) is 0.780. The third kappa shape index (κ3) is 3.07. The lowest BCUT2D eigenvalue weighted by Crippen LogP contribution is -2.31. The SMILES string of the molecule is CCNC(Cc1cncs1)CC1CC1. The molecule has 1 aliphatic rings. The minimum atomic E-state index is 0.674. The number of likely N-dealkylation sites (N-methyl/N-ethyl adjacent to an activating group) is 1. The Morgan fingerprint density at radius 2 is 2.50 bits per heavy atom. The van der Waals surface area contributed by atoms with E-state index in [1.54, 1.807) is 11.3 Å². The average Bonchev–Trinajstić information content (AvgIpc) is 2.81. The van der Waals surface area contributed by atoms with Gasteiger partial charge < -0.3 is 5.32 Å². The van der Waals surface area contributed by atoms with E-state index >= 15 is 0 Å². The summed E-state index contributed by atoms with van der Waals surface area (Å²) in [7, 11) is 0. The van der Waals surface area contributed by atoms with E-state index in [4.69, 9.17) is 0 Å². The van der Waals surface area contributed by atoms with Crippen LogP contribution in [-0.2, 0) is 6.42 Å². The molecule has 1 aromatic heterocycles. The molecular formula is C11H18N2S. The maximum absolute atomic E-state index is 4.12. The van der Waals surface area contributed by atoms with Crippen molar-refractivity contribution in [2.24, 2.45) is 5.92 Å². The highest BCUT2D eigenvalue weighted by molar-refractivity contribution is 7.09. The molecule has 0 amide bonds. The summed E-state index contributed by atoms with van der Waals surface area (Å²) in [5.41, 5.74) is 1.93. The standard InChI is InChI=1S/C11H18N2S/c1-2-13-10(5-9-3-4-9)6-11-7-12-8-14-11/h7-10,13H,2-6H2,1H3. The fourth-order valence-electron chi connectivity index (χ4n) is 1.87. The van der Waals surface area contributed by atoms with Crippen LogP contribution in [0.4, 0.5) is 0 Å². The maximum Gasteiger partial charge on any atom is 0.0794 e. The third-order valence-electron chi connectivity index (χ3n) is 2.74. The molecule has 78 valence electrons. The molecule has 2 rings (SSSR count). The van der Waals surface area contributed by atoms with E-state index < -0.39 is 0 Å². The average molecular weight is 210 g/mol. The molecule has 1 unspecified atom stereocenters. The number of rotatable bonds is 6. The summed E-state index contributed by atoms with van der Waals surface area (Å²) in [5.74, 6) is 1.01. The van der Waals surface area contributed by atoms with Gasteiger partial charge in [0.1, 0.15) is 0 Å². The monoisotopic (exact) mass is 210 g/mol. The van der Waals surface area contributed by atoms with Crippen LogP contribution in [0.2, 0.25) is 0 Å². The molecule has 1 saturated carbocycles. The van der Waals surface area contributed by atoms with Crippen molar-refractivity contribution in [1.82, 2.24) is 10.3 Å². The first kappa shape index (κ1) is 10.1. The predicted octanol–water partition coefficient (Wildman–Crippen LogP) is 2.46. The van der Waals surface area contributed by atoms with E-state index in [1.165, 1.54) is 24.1 Å². The Labute approximate surface area is 89.8 Å². The lowest BCUT2D eigenvalue weighted by atomic mass is 10.1. The Balaban J connectivity index is 1.82. The van der Waals surface area contributed by atoms with Crippen molar-refractivity contribution in [3.8, 4) is 0 Å².